The number of H-pyrrole nitrogens is 2. The first-order valence-electron chi connectivity index (χ1n) is 5.62. The third-order valence-electron chi connectivity index (χ3n) is 3.19. The zero-order valence-corrected chi connectivity index (χ0v) is 10.3. The number of rotatable bonds is 2. The zero-order chi connectivity index (χ0) is 12.6. The first kappa shape index (κ1) is 11.7. The molecule has 0 amide bonds. The van der Waals surface area contributed by atoms with Crippen LogP contribution in [0.2, 0.25) is 0 Å². The summed E-state index contributed by atoms with van der Waals surface area (Å²) in [6.45, 7) is 6.41. The molecule has 4 nitrogen and oxygen atoms in total. The molecule has 4 N–H and O–H groups in total. The number of aromatic nitrogens is 2. The van der Waals surface area contributed by atoms with Crippen molar-refractivity contribution < 1.29 is 0 Å². The highest BCUT2D eigenvalue weighted by Crippen LogP contribution is 2.25. The van der Waals surface area contributed by atoms with Gasteiger partial charge in [-0.05, 0) is 43.5 Å². The van der Waals surface area contributed by atoms with Crippen LogP contribution in [0.15, 0.2) is 16.9 Å². The number of benzene rings is 1. The Morgan fingerprint density at radius 3 is 2.35 bits per heavy atom. The van der Waals surface area contributed by atoms with Crippen LogP contribution >= 0.6 is 0 Å². The Morgan fingerprint density at radius 2 is 1.71 bits per heavy atom. The highest BCUT2D eigenvalue weighted by Gasteiger charge is 2.13. The van der Waals surface area contributed by atoms with Crippen LogP contribution in [0.25, 0.3) is 11.3 Å². The van der Waals surface area contributed by atoms with E-state index in [4.69, 9.17) is 5.73 Å². The van der Waals surface area contributed by atoms with Gasteiger partial charge >= 0.3 is 0 Å². The Bertz CT molecular complexity index is 608. The van der Waals surface area contributed by atoms with Gasteiger partial charge in [0.05, 0.1) is 11.3 Å². The smallest absolute Gasteiger partial charge is 0.269 e. The maximum Gasteiger partial charge on any atom is 0.269 e. The van der Waals surface area contributed by atoms with Crippen LogP contribution in [-0.2, 0) is 6.54 Å². The summed E-state index contributed by atoms with van der Waals surface area (Å²) in [6.07, 6.45) is 0. The third-order valence-corrected chi connectivity index (χ3v) is 3.19. The zero-order valence-electron chi connectivity index (χ0n) is 10.3. The van der Waals surface area contributed by atoms with Gasteiger partial charge in [-0.2, -0.15) is 0 Å². The molecule has 0 fully saturated rings. The maximum absolute atomic E-state index is 11.5. The van der Waals surface area contributed by atoms with Crippen molar-refractivity contribution in [1.29, 1.82) is 0 Å². The van der Waals surface area contributed by atoms with Gasteiger partial charge in [-0.3, -0.25) is 15.0 Å². The van der Waals surface area contributed by atoms with E-state index in [1.807, 2.05) is 6.92 Å². The van der Waals surface area contributed by atoms with Crippen molar-refractivity contribution in [2.45, 2.75) is 27.3 Å². The number of hydrogen-bond acceptors (Lipinski definition) is 2. The van der Waals surface area contributed by atoms with Crippen LogP contribution in [0, 0.1) is 20.8 Å². The average molecular weight is 231 g/mol. The van der Waals surface area contributed by atoms with Crippen LogP contribution in [0.5, 0.6) is 0 Å². The first-order chi connectivity index (χ1) is 8.04. The van der Waals surface area contributed by atoms with Gasteiger partial charge in [-0.15, -0.1) is 0 Å². The van der Waals surface area contributed by atoms with Crippen LogP contribution in [-0.4, -0.2) is 10.2 Å². The second-order valence-corrected chi connectivity index (χ2v) is 4.39. The Hall–Kier alpha value is -1.81. The van der Waals surface area contributed by atoms with Gasteiger partial charge in [-0.25, -0.2) is 0 Å². The van der Waals surface area contributed by atoms with Crippen molar-refractivity contribution >= 4 is 0 Å². The fraction of sp³-hybridized carbons (Fsp3) is 0.308. The fourth-order valence-electron chi connectivity index (χ4n) is 2.04. The van der Waals surface area contributed by atoms with Gasteiger partial charge in [0, 0.05) is 12.1 Å². The lowest BCUT2D eigenvalue weighted by Crippen LogP contribution is -2.10. The van der Waals surface area contributed by atoms with E-state index in [0.717, 1.165) is 16.8 Å². The summed E-state index contributed by atoms with van der Waals surface area (Å²) in [5.41, 5.74) is 11.5. The van der Waals surface area contributed by atoms with E-state index in [9.17, 15) is 4.79 Å². The number of nitrogens with two attached hydrogens (primary N) is 1. The Morgan fingerprint density at radius 1 is 1.06 bits per heavy atom. The second kappa shape index (κ2) is 4.22. The largest absolute Gasteiger partial charge is 0.326 e. The fourth-order valence-corrected chi connectivity index (χ4v) is 2.04. The molecule has 2 rings (SSSR count). The molecule has 0 aliphatic carbocycles. The summed E-state index contributed by atoms with van der Waals surface area (Å²) in [5, 5.41) is 5.50. The molecule has 0 saturated carbocycles. The molecule has 2 aromatic rings. The molecule has 17 heavy (non-hydrogen) atoms. The van der Waals surface area contributed by atoms with Gasteiger partial charge < -0.3 is 5.73 Å². The third kappa shape index (κ3) is 1.91. The summed E-state index contributed by atoms with van der Waals surface area (Å²) < 4.78 is 0. The van der Waals surface area contributed by atoms with E-state index in [-0.39, 0.29) is 12.1 Å². The number of hydrogen-bond donors (Lipinski definition) is 3. The second-order valence-electron chi connectivity index (χ2n) is 4.39. The number of aromatic amines is 2. The number of nitrogens with one attached hydrogen (secondary N) is 2. The summed E-state index contributed by atoms with van der Waals surface area (Å²) in [5.74, 6) is 0. The molecule has 1 heterocycles. The molecular formula is C13H17N3O. The van der Waals surface area contributed by atoms with E-state index < -0.39 is 0 Å². The van der Waals surface area contributed by atoms with Gasteiger partial charge in [-0.1, -0.05) is 6.07 Å². The van der Waals surface area contributed by atoms with Crippen molar-refractivity contribution in [3.05, 3.63) is 44.7 Å². The molecule has 1 aromatic heterocycles. The van der Waals surface area contributed by atoms with Gasteiger partial charge in [0.25, 0.3) is 5.56 Å². The minimum Gasteiger partial charge on any atom is -0.326 e. The summed E-state index contributed by atoms with van der Waals surface area (Å²) in [7, 11) is 0. The van der Waals surface area contributed by atoms with E-state index in [1.165, 1.54) is 11.1 Å². The quantitative estimate of drug-likeness (QED) is 0.736. The normalized spacial score (nSPS) is 10.8. The first-order valence-corrected chi connectivity index (χ1v) is 5.62. The van der Waals surface area contributed by atoms with Gasteiger partial charge in [0.2, 0.25) is 0 Å². The predicted octanol–water partition coefficient (Wildman–Crippen LogP) is 1.75. The van der Waals surface area contributed by atoms with E-state index in [0.29, 0.717) is 5.56 Å². The van der Waals surface area contributed by atoms with Crippen molar-refractivity contribution in [2.75, 3.05) is 0 Å². The van der Waals surface area contributed by atoms with Gasteiger partial charge in [0.15, 0.2) is 0 Å². The standard InChI is InChI=1S/C13H17N3O/c1-7-4-9(3)10(5-8(7)2)12-11(6-14)13(17)16-15-12/h4-5H,6,14H2,1-3H3,(H2,15,16,17). The van der Waals surface area contributed by atoms with Crippen LogP contribution in [0.3, 0.4) is 0 Å². The van der Waals surface area contributed by atoms with Gasteiger partial charge in [0.1, 0.15) is 0 Å². The Kier molecular flexibility index (Phi) is 2.90. The molecule has 4 heteroatoms. The monoisotopic (exact) mass is 231 g/mol. The van der Waals surface area contributed by atoms with E-state index >= 15 is 0 Å². The van der Waals surface area contributed by atoms with Crippen molar-refractivity contribution in [1.82, 2.24) is 10.2 Å². The van der Waals surface area contributed by atoms with Crippen molar-refractivity contribution in [2.24, 2.45) is 5.73 Å². The van der Waals surface area contributed by atoms with Crippen LogP contribution in [0.1, 0.15) is 22.3 Å². The highest BCUT2D eigenvalue weighted by atomic mass is 16.1. The van der Waals surface area contributed by atoms with E-state index in [2.05, 4.69) is 36.2 Å². The Balaban J connectivity index is 2.68. The maximum atomic E-state index is 11.5. The Labute approximate surface area is 99.8 Å². The molecule has 1 aromatic carbocycles. The lowest BCUT2D eigenvalue weighted by molar-refractivity contribution is 1.04. The molecule has 0 saturated heterocycles. The molecule has 0 aliphatic rings. The minimum absolute atomic E-state index is 0.139. The SMILES string of the molecule is Cc1cc(C)c(-c2[nH][nH]c(=O)c2CN)cc1C. The molecule has 0 aliphatic heterocycles. The number of aryl methyl sites for hydroxylation is 3. The molecule has 0 radical (unpaired) electrons. The lowest BCUT2D eigenvalue weighted by atomic mass is 9.97. The summed E-state index contributed by atoms with van der Waals surface area (Å²) in [6, 6.07) is 4.21. The van der Waals surface area contributed by atoms with Crippen molar-refractivity contribution in [3.8, 4) is 11.3 Å². The molecule has 0 bridgehead atoms. The topological polar surface area (TPSA) is 74.7 Å². The minimum atomic E-state index is -0.139. The summed E-state index contributed by atoms with van der Waals surface area (Å²) >= 11 is 0. The highest BCUT2D eigenvalue weighted by molar-refractivity contribution is 5.68. The molecule has 0 unspecified atom stereocenters. The van der Waals surface area contributed by atoms with Crippen LogP contribution in [0.4, 0.5) is 0 Å². The molecule has 0 atom stereocenters. The average Bonchev–Trinajstić information content (AvgIpc) is 2.64. The lowest BCUT2D eigenvalue weighted by Gasteiger charge is -2.09. The van der Waals surface area contributed by atoms with Crippen molar-refractivity contribution in [3.63, 3.8) is 0 Å². The predicted molar refractivity (Wildman–Crippen MR) is 69.0 cm³/mol. The van der Waals surface area contributed by atoms with E-state index in [1.54, 1.807) is 0 Å². The molecule has 90 valence electrons. The summed E-state index contributed by atoms with van der Waals surface area (Å²) in [4.78, 5) is 11.5. The molecular weight excluding hydrogens is 214 g/mol. The van der Waals surface area contributed by atoms with Crippen LogP contribution < -0.4 is 11.3 Å². The molecule has 0 spiro atoms.